The van der Waals surface area contributed by atoms with Gasteiger partial charge in [-0.1, -0.05) is 30.3 Å². The van der Waals surface area contributed by atoms with E-state index in [-0.39, 0.29) is 6.10 Å². The van der Waals surface area contributed by atoms with Gasteiger partial charge in [0, 0.05) is 6.20 Å². The highest BCUT2D eigenvalue weighted by Gasteiger charge is 1.95. The molecule has 2 heterocycles. The summed E-state index contributed by atoms with van der Waals surface area (Å²) < 4.78 is 1.85. The first-order valence-corrected chi connectivity index (χ1v) is 5.47. The highest BCUT2D eigenvalue weighted by atomic mass is 16.3. The first-order chi connectivity index (χ1) is 8.27. The molecule has 2 aromatic heterocycles. The van der Waals surface area contributed by atoms with Crippen molar-refractivity contribution in [2.75, 3.05) is 0 Å². The average molecular weight is 229 g/mol. The van der Waals surface area contributed by atoms with E-state index in [1.165, 1.54) is 0 Å². The summed E-state index contributed by atoms with van der Waals surface area (Å²) in [6.45, 7) is 1.76. The molecule has 4 heteroatoms. The molecule has 3 rings (SSSR count). The number of nitrogens with zero attached hydrogens (tertiary/aromatic N) is 2. The zero-order valence-electron chi connectivity index (χ0n) is 9.62. The fraction of sp³-hybridized carbons (Fsp3) is 0.154. The maximum absolute atomic E-state index is 9.02. The molecule has 0 spiro atoms. The number of rotatable bonds is 1. The molecule has 4 nitrogen and oxygen atoms in total. The molecule has 1 atom stereocenters. The van der Waals surface area contributed by atoms with Crippen LogP contribution in [-0.2, 0) is 0 Å². The summed E-state index contributed by atoms with van der Waals surface area (Å²) in [5.41, 5.74) is 2.07. The third-order valence-corrected chi connectivity index (χ3v) is 2.42. The first-order valence-electron chi connectivity index (χ1n) is 5.47. The van der Waals surface area contributed by atoms with E-state index < -0.39 is 0 Å². The quantitative estimate of drug-likeness (QED) is 0.673. The van der Waals surface area contributed by atoms with Crippen LogP contribution in [-0.4, -0.2) is 19.9 Å². The molecular formula is C13H15N3O. The van der Waals surface area contributed by atoms with Crippen LogP contribution in [0, 0.1) is 0 Å². The van der Waals surface area contributed by atoms with Crippen LogP contribution < -0.4 is 0 Å². The van der Waals surface area contributed by atoms with E-state index in [9.17, 15) is 0 Å². The Morgan fingerprint density at radius 2 is 1.94 bits per heavy atom. The Morgan fingerprint density at radius 1 is 1.18 bits per heavy atom. The van der Waals surface area contributed by atoms with Gasteiger partial charge >= 0.3 is 0 Å². The Kier molecular flexibility index (Phi) is 3.57. The van der Waals surface area contributed by atoms with Gasteiger partial charge in [-0.3, -0.25) is 0 Å². The van der Waals surface area contributed by atoms with Gasteiger partial charge in [-0.2, -0.15) is 5.10 Å². The van der Waals surface area contributed by atoms with Crippen molar-refractivity contribution in [1.29, 1.82) is 0 Å². The van der Waals surface area contributed by atoms with Gasteiger partial charge in [0.25, 0.3) is 0 Å². The lowest BCUT2D eigenvalue weighted by Gasteiger charge is -2.00. The van der Waals surface area contributed by atoms with E-state index in [0.29, 0.717) is 0 Å². The van der Waals surface area contributed by atoms with Gasteiger partial charge in [-0.25, -0.2) is 9.73 Å². The summed E-state index contributed by atoms with van der Waals surface area (Å²) >= 11 is 0. The van der Waals surface area contributed by atoms with Crippen molar-refractivity contribution in [3.63, 3.8) is 0 Å². The van der Waals surface area contributed by atoms with Crippen LogP contribution in [0.25, 0.3) is 5.52 Å². The summed E-state index contributed by atoms with van der Waals surface area (Å²) in [6.07, 6.45) is 3.36. The fourth-order valence-electron chi connectivity index (χ4n) is 1.48. The lowest BCUT2D eigenvalue weighted by molar-refractivity contribution is 0.199. The van der Waals surface area contributed by atoms with Crippen molar-refractivity contribution in [2.45, 2.75) is 13.0 Å². The predicted molar refractivity (Wildman–Crippen MR) is 66.6 cm³/mol. The number of nitrogens with one attached hydrogen (secondary N) is 1. The third-order valence-electron chi connectivity index (χ3n) is 2.42. The maximum Gasteiger partial charge on any atom is 0.0841 e. The second-order valence-electron chi connectivity index (χ2n) is 3.75. The minimum Gasteiger partial charge on any atom is -0.389 e. The van der Waals surface area contributed by atoms with Gasteiger partial charge in [-0.15, -0.1) is 0 Å². The molecule has 17 heavy (non-hydrogen) atoms. The lowest BCUT2D eigenvalue weighted by Crippen LogP contribution is -1.87. The molecule has 0 bridgehead atoms. The van der Waals surface area contributed by atoms with E-state index in [1.54, 1.807) is 13.1 Å². The van der Waals surface area contributed by atoms with Gasteiger partial charge in [0.15, 0.2) is 0 Å². The Balaban J connectivity index is 0.000000127. The van der Waals surface area contributed by atoms with Gasteiger partial charge in [0.2, 0.25) is 0 Å². The van der Waals surface area contributed by atoms with Crippen LogP contribution in [0.15, 0.2) is 54.9 Å². The molecule has 0 aliphatic rings. The van der Waals surface area contributed by atoms with E-state index in [1.807, 2.05) is 53.2 Å². The second kappa shape index (κ2) is 5.32. The second-order valence-corrected chi connectivity index (χ2v) is 3.75. The molecule has 0 aliphatic carbocycles. The van der Waals surface area contributed by atoms with Crippen molar-refractivity contribution >= 4 is 5.52 Å². The average Bonchev–Trinajstić information content (AvgIpc) is 2.93. The third kappa shape index (κ3) is 2.95. The molecule has 1 unspecified atom stereocenters. The van der Waals surface area contributed by atoms with Crippen LogP contribution in [0.5, 0.6) is 0 Å². The zero-order valence-corrected chi connectivity index (χ0v) is 9.62. The minimum atomic E-state index is -0.341. The SMILES string of the molecule is CC(O)c1ccccc1.c1cc2cn[nH]n2c1. The van der Waals surface area contributed by atoms with Crippen molar-refractivity contribution in [3.8, 4) is 0 Å². The highest BCUT2D eigenvalue weighted by Crippen LogP contribution is 2.09. The monoisotopic (exact) mass is 229 g/mol. The first kappa shape index (κ1) is 11.4. The van der Waals surface area contributed by atoms with Gasteiger partial charge in [0.1, 0.15) is 0 Å². The number of benzene rings is 1. The summed E-state index contributed by atoms with van der Waals surface area (Å²) in [5.74, 6) is 0. The zero-order chi connectivity index (χ0) is 12.1. The standard InChI is InChI=1S/C8H10O.C5H5N3/c1-7(9)8-5-3-2-4-6-8;1-2-5-4-6-7-8(5)3-1/h2-7,9H,1H3;1-4,7H. The smallest absolute Gasteiger partial charge is 0.0841 e. The Labute approximate surface area is 99.5 Å². The number of fused-ring (bicyclic) bond motifs is 1. The van der Waals surface area contributed by atoms with Crippen molar-refractivity contribution in [3.05, 3.63) is 60.4 Å². The molecule has 0 fully saturated rings. The van der Waals surface area contributed by atoms with E-state index >= 15 is 0 Å². The largest absolute Gasteiger partial charge is 0.389 e. The molecule has 0 saturated heterocycles. The molecule has 2 N–H and O–H groups in total. The highest BCUT2D eigenvalue weighted by molar-refractivity contribution is 5.42. The van der Waals surface area contributed by atoms with Crippen LogP contribution in [0.2, 0.25) is 0 Å². The molecule has 88 valence electrons. The number of aromatic nitrogens is 3. The molecule has 0 saturated carbocycles. The fourth-order valence-corrected chi connectivity index (χ4v) is 1.48. The molecule has 0 amide bonds. The van der Waals surface area contributed by atoms with Crippen LogP contribution >= 0.6 is 0 Å². The number of hydrogen-bond acceptors (Lipinski definition) is 2. The molecule has 0 aliphatic heterocycles. The van der Waals surface area contributed by atoms with E-state index in [0.717, 1.165) is 11.1 Å². The normalized spacial score (nSPS) is 11.9. The van der Waals surface area contributed by atoms with Crippen molar-refractivity contribution in [1.82, 2.24) is 14.8 Å². The Hall–Kier alpha value is -2.07. The number of H-pyrrole nitrogens is 1. The Bertz CT molecular complexity index is 503. The topological polar surface area (TPSA) is 53.3 Å². The molecular weight excluding hydrogens is 214 g/mol. The number of aromatic amines is 1. The number of aliphatic hydroxyl groups is 1. The molecule has 3 aromatic rings. The van der Waals surface area contributed by atoms with E-state index in [4.69, 9.17) is 5.11 Å². The van der Waals surface area contributed by atoms with Crippen LogP contribution in [0.1, 0.15) is 18.6 Å². The van der Waals surface area contributed by atoms with Gasteiger partial charge in [-0.05, 0) is 24.6 Å². The van der Waals surface area contributed by atoms with E-state index in [2.05, 4.69) is 10.3 Å². The summed E-state index contributed by atoms with van der Waals surface area (Å²) in [5, 5.41) is 15.6. The summed E-state index contributed by atoms with van der Waals surface area (Å²) in [7, 11) is 0. The number of aliphatic hydroxyl groups excluding tert-OH is 1. The van der Waals surface area contributed by atoms with Crippen LogP contribution in [0.4, 0.5) is 0 Å². The molecule has 0 radical (unpaired) electrons. The Morgan fingerprint density at radius 3 is 2.53 bits per heavy atom. The maximum atomic E-state index is 9.02. The lowest BCUT2D eigenvalue weighted by atomic mass is 10.1. The molecule has 1 aromatic carbocycles. The van der Waals surface area contributed by atoms with Crippen molar-refractivity contribution < 1.29 is 5.11 Å². The minimum absolute atomic E-state index is 0.341. The van der Waals surface area contributed by atoms with Gasteiger partial charge < -0.3 is 5.11 Å². The predicted octanol–water partition coefficient (Wildman–Crippen LogP) is 2.40. The number of hydrogen-bond donors (Lipinski definition) is 2. The van der Waals surface area contributed by atoms with Crippen molar-refractivity contribution in [2.24, 2.45) is 0 Å². The summed E-state index contributed by atoms with van der Waals surface area (Å²) in [4.78, 5) is 0. The van der Waals surface area contributed by atoms with Crippen LogP contribution in [0.3, 0.4) is 0 Å². The van der Waals surface area contributed by atoms with Gasteiger partial charge in [0.05, 0.1) is 17.8 Å². The summed E-state index contributed by atoms with van der Waals surface area (Å²) in [6, 6.07) is 13.5.